The van der Waals surface area contributed by atoms with E-state index in [2.05, 4.69) is 5.32 Å². The molecule has 0 aliphatic heterocycles. The van der Waals surface area contributed by atoms with Crippen LogP contribution in [0.1, 0.15) is 23.6 Å². The molecule has 1 amide bonds. The van der Waals surface area contributed by atoms with Gasteiger partial charge in [0.05, 0.1) is 13.7 Å². The molecule has 0 saturated carbocycles. The van der Waals surface area contributed by atoms with Crippen LogP contribution in [0.2, 0.25) is 0 Å². The fourth-order valence-electron chi connectivity index (χ4n) is 2.80. The van der Waals surface area contributed by atoms with Gasteiger partial charge in [-0.15, -0.1) is 0 Å². The minimum absolute atomic E-state index is 0.0613. The smallest absolute Gasteiger partial charge is 0.247 e. The number of nitrogens with zero attached hydrogens (tertiary/aromatic N) is 1. The Bertz CT molecular complexity index is 939. The number of anilines is 1. The third-order valence-corrected chi connectivity index (χ3v) is 6.21. The number of carbonyl (C=O) groups is 1. The molecule has 0 fully saturated rings. The van der Waals surface area contributed by atoms with E-state index < -0.39 is 10.0 Å². The van der Waals surface area contributed by atoms with Gasteiger partial charge in [0.2, 0.25) is 15.9 Å². The van der Waals surface area contributed by atoms with Crippen molar-refractivity contribution in [2.45, 2.75) is 32.6 Å². The largest absolute Gasteiger partial charge is 0.495 e. The number of aryl methyl sites for hydroxylation is 3. The van der Waals surface area contributed by atoms with Gasteiger partial charge >= 0.3 is 0 Å². The van der Waals surface area contributed by atoms with Crippen molar-refractivity contribution in [1.29, 1.82) is 0 Å². The molecule has 0 aliphatic rings. The topological polar surface area (TPSA) is 75.7 Å². The van der Waals surface area contributed by atoms with Gasteiger partial charge in [0.15, 0.2) is 0 Å². The first-order chi connectivity index (χ1) is 12.7. The van der Waals surface area contributed by atoms with Crippen molar-refractivity contribution in [3.63, 3.8) is 0 Å². The lowest BCUT2D eigenvalue weighted by Gasteiger charge is -2.22. The number of methoxy groups -OCH3 is 1. The number of hydrogen-bond acceptors (Lipinski definition) is 4. The summed E-state index contributed by atoms with van der Waals surface area (Å²) in [5.41, 5.74) is 3.49. The van der Waals surface area contributed by atoms with Crippen LogP contribution in [0, 0.1) is 20.8 Å². The molecule has 0 spiro atoms. The lowest BCUT2D eigenvalue weighted by molar-refractivity contribution is -0.116. The molecule has 27 heavy (non-hydrogen) atoms. The molecule has 0 bridgehead atoms. The Labute approximate surface area is 161 Å². The normalized spacial score (nSPS) is 11.5. The Morgan fingerprint density at radius 3 is 2.30 bits per heavy atom. The predicted molar refractivity (Wildman–Crippen MR) is 107 cm³/mol. The fourth-order valence-corrected chi connectivity index (χ4v) is 4.44. The summed E-state index contributed by atoms with van der Waals surface area (Å²) in [7, 11) is -2.45. The van der Waals surface area contributed by atoms with Crippen molar-refractivity contribution >= 4 is 21.6 Å². The molecule has 0 unspecified atom stereocenters. The monoisotopic (exact) mass is 390 g/mol. The molecule has 6 nitrogen and oxygen atoms in total. The summed E-state index contributed by atoms with van der Waals surface area (Å²) < 4.78 is 32.5. The Balaban J connectivity index is 2.25. The zero-order chi connectivity index (χ0) is 20.2. The number of carbonyl (C=O) groups excluding carboxylic acids is 1. The van der Waals surface area contributed by atoms with E-state index in [4.69, 9.17) is 4.74 Å². The molecule has 2 aromatic carbocycles. The lowest BCUT2D eigenvalue weighted by atomic mass is 10.1. The van der Waals surface area contributed by atoms with Gasteiger partial charge in [0.25, 0.3) is 0 Å². The Morgan fingerprint density at radius 1 is 1.07 bits per heavy atom. The van der Waals surface area contributed by atoms with Gasteiger partial charge in [-0.25, -0.2) is 8.42 Å². The van der Waals surface area contributed by atoms with E-state index in [0.29, 0.717) is 5.69 Å². The molecule has 7 heteroatoms. The van der Waals surface area contributed by atoms with E-state index in [-0.39, 0.29) is 29.6 Å². The number of sulfonamides is 1. The summed E-state index contributed by atoms with van der Waals surface area (Å²) >= 11 is 0. The van der Waals surface area contributed by atoms with Gasteiger partial charge in [-0.05, 0) is 50.1 Å². The second-order valence-corrected chi connectivity index (χ2v) is 8.36. The third kappa shape index (κ3) is 4.87. The summed E-state index contributed by atoms with van der Waals surface area (Å²) in [4.78, 5) is 12.5. The van der Waals surface area contributed by atoms with Crippen LogP contribution in [0.15, 0.2) is 41.3 Å². The maximum atomic E-state index is 13.1. The van der Waals surface area contributed by atoms with E-state index in [0.717, 1.165) is 21.0 Å². The second-order valence-electron chi connectivity index (χ2n) is 6.45. The Morgan fingerprint density at radius 2 is 1.70 bits per heavy atom. The first-order valence-corrected chi connectivity index (χ1v) is 10.1. The predicted octanol–water partition coefficient (Wildman–Crippen LogP) is 3.27. The summed E-state index contributed by atoms with van der Waals surface area (Å²) in [5.74, 6) is -0.132. The second kappa shape index (κ2) is 8.54. The van der Waals surface area contributed by atoms with Crippen LogP contribution < -0.4 is 10.1 Å². The van der Waals surface area contributed by atoms with Gasteiger partial charge in [-0.2, -0.15) is 4.31 Å². The van der Waals surface area contributed by atoms with Crippen LogP contribution in [0.3, 0.4) is 0 Å². The molecular weight excluding hydrogens is 364 g/mol. The molecular formula is C20H26N2O4S. The quantitative estimate of drug-likeness (QED) is 0.787. The van der Waals surface area contributed by atoms with E-state index in [9.17, 15) is 13.2 Å². The maximum Gasteiger partial charge on any atom is 0.247 e. The Kier molecular flexibility index (Phi) is 6.62. The fraction of sp³-hybridized carbons (Fsp3) is 0.350. The average Bonchev–Trinajstić information content (AvgIpc) is 2.61. The third-order valence-electron chi connectivity index (χ3n) is 4.27. The number of amides is 1. The van der Waals surface area contributed by atoms with Crippen molar-refractivity contribution < 1.29 is 17.9 Å². The first kappa shape index (κ1) is 20.9. The van der Waals surface area contributed by atoms with Crippen LogP contribution in [0.4, 0.5) is 5.69 Å². The summed E-state index contributed by atoms with van der Waals surface area (Å²) in [6.45, 7) is 7.27. The number of rotatable bonds is 7. The van der Waals surface area contributed by atoms with Gasteiger partial charge < -0.3 is 10.1 Å². The van der Waals surface area contributed by atoms with Crippen molar-refractivity contribution in [2.75, 3.05) is 25.5 Å². The van der Waals surface area contributed by atoms with E-state index >= 15 is 0 Å². The van der Waals surface area contributed by atoms with Crippen molar-refractivity contribution in [2.24, 2.45) is 0 Å². The molecule has 2 aromatic rings. The molecule has 146 valence electrons. The van der Waals surface area contributed by atoms with Crippen LogP contribution in [0.25, 0.3) is 0 Å². The average molecular weight is 391 g/mol. The molecule has 1 N–H and O–H groups in total. The minimum atomic E-state index is -3.87. The van der Waals surface area contributed by atoms with Crippen LogP contribution in [-0.2, 0) is 14.8 Å². The number of likely N-dealkylation sites (N-methyl/N-ethyl adjacent to an activating group) is 1. The number of benzene rings is 2. The summed E-state index contributed by atoms with van der Waals surface area (Å²) in [6, 6.07) is 10.6. The first-order valence-electron chi connectivity index (χ1n) is 8.71. The zero-order valence-electron chi connectivity index (χ0n) is 16.4. The molecule has 0 radical (unpaired) electrons. The molecule has 0 aromatic heterocycles. The molecule has 0 heterocycles. The SMILES string of the molecule is CCN(CC(=O)Nc1ccc(C)cc1C)S(=O)(=O)c1cc(C)ccc1OC. The zero-order valence-corrected chi connectivity index (χ0v) is 17.2. The molecule has 0 atom stereocenters. The minimum Gasteiger partial charge on any atom is -0.495 e. The van der Waals surface area contributed by atoms with E-state index in [1.807, 2.05) is 39.0 Å². The van der Waals surface area contributed by atoms with Gasteiger partial charge in [0.1, 0.15) is 10.6 Å². The van der Waals surface area contributed by atoms with Gasteiger partial charge in [-0.3, -0.25) is 4.79 Å². The summed E-state index contributed by atoms with van der Waals surface area (Å²) in [5, 5.41) is 2.79. The van der Waals surface area contributed by atoms with Crippen molar-refractivity contribution in [3.05, 3.63) is 53.1 Å². The van der Waals surface area contributed by atoms with Crippen molar-refractivity contribution in [3.8, 4) is 5.75 Å². The number of ether oxygens (including phenoxy) is 1. The number of hydrogen-bond donors (Lipinski definition) is 1. The highest BCUT2D eigenvalue weighted by Crippen LogP contribution is 2.27. The van der Waals surface area contributed by atoms with Crippen LogP contribution in [-0.4, -0.2) is 38.8 Å². The molecule has 0 aliphatic carbocycles. The van der Waals surface area contributed by atoms with E-state index in [1.54, 1.807) is 25.1 Å². The summed E-state index contributed by atoms with van der Waals surface area (Å²) in [6.07, 6.45) is 0. The van der Waals surface area contributed by atoms with Crippen LogP contribution in [0.5, 0.6) is 5.75 Å². The highest BCUT2D eigenvalue weighted by molar-refractivity contribution is 7.89. The number of nitrogens with one attached hydrogen (secondary N) is 1. The van der Waals surface area contributed by atoms with Crippen LogP contribution >= 0.6 is 0 Å². The van der Waals surface area contributed by atoms with Crippen molar-refractivity contribution in [1.82, 2.24) is 4.31 Å². The van der Waals surface area contributed by atoms with E-state index in [1.165, 1.54) is 7.11 Å². The molecule has 2 rings (SSSR count). The van der Waals surface area contributed by atoms with Gasteiger partial charge in [-0.1, -0.05) is 30.7 Å². The molecule has 0 saturated heterocycles. The highest BCUT2D eigenvalue weighted by atomic mass is 32.2. The standard InChI is InChI=1S/C20H26N2O4S/c1-6-22(13-20(23)21-17-9-7-14(2)11-16(17)4)27(24,25)19-12-15(3)8-10-18(19)26-5/h7-12H,6,13H2,1-5H3,(H,21,23). The maximum absolute atomic E-state index is 13.1. The lowest BCUT2D eigenvalue weighted by Crippen LogP contribution is -2.38. The van der Waals surface area contributed by atoms with Gasteiger partial charge in [0, 0.05) is 12.2 Å². The Hall–Kier alpha value is -2.38. The highest BCUT2D eigenvalue weighted by Gasteiger charge is 2.28.